The second-order valence-electron chi connectivity index (χ2n) is 5.69. The molecule has 1 saturated heterocycles. The Hall–Kier alpha value is -0.800. The molecule has 2 atom stereocenters. The van der Waals surface area contributed by atoms with E-state index in [4.69, 9.17) is 10.5 Å². The largest absolute Gasteiger partial charge is 0.370 e. The van der Waals surface area contributed by atoms with Gasteiger partial charge in [-0.15, -0.1) is 0 Å². The molecule has 96 valence electrons. The summed E-state index contributed by atoms with van der Waals surface area (Å²) in [5.41, 5.74) is 7.30. The van der Waals surface area contributed by atoms with Crippen LogP contribution in [-0.4, -0.2) is 16.3 Å². The van der Waals surface area contributed by atoms with Gasteiger partial charge in [-0.3, -0.25) is 0 Å². The molecule has 2 heterocycles. The SMILES string of the molecule is CCC(N)c1ccn(CC2CCC(C)(C)O2)c1. The van der Waals surface area contributed by atoms with Gasteiger partial charge in [-0.1, -0.05) is 6.92 Å². The van der Waals surface area contributed by atoms with Gasteiger partial charge in [0, 0.05) is 25.0 Å². The van der Waals surface area contributed by atoms with Crippen LogP contribution in [-0.2, 0) is 11.3 Å². The van der Waals surface area contributed by atoms with Gasteiger partial charge < -0.3 is 15.0 Å². The molecule has 0 spiro atoms. The van der Waals surface area contributed by atoms with Crippen molar-refractivity contribution in [3.05, 3.63) is 24.0 Å². The number of aromatic nitrogens is 1. The predicted octanol–water partition coefficient (Wildman–Crippen LogP) is 2.86. The van der Waals surface area contributed by atoms with Gasteiger partial charge in [0.25, 0.3) is 0 Å². The molecular weight excluding hydrogens is 212 g/mol. The van der Waals surface area contributed by atoms with E-state index < -0.39 is 0 Å². The van der Waals surface area contributed by atoms with Crippen molar-refractivity contribution in [1.82, 2.24) is 4.57 Å². The second kappa shape index (κ2) is 4.83. The maximum atomic E-state index is 6.01. The fourth-order valence-electron chi connectivity index (χ4n) is 2.47. The summed E-state index contributed by atoms with van der Waals surface area (Å²) in [5.74, 6) is 0. The van der Waals surface area contributed by atoms with E-state index in [0.717, 1.165) is 25.8 Å². The third-order valence-electron chi connectivity index (χ3n) is 3.61. The number of hydrogen-bond acceptors (Lipinski definition) is 2. The third-order valence-corrected chi connectivity index (χ3v) is 3.61. The summed E-state index contributed by atoms with van der Waals surface area (Å²) < 4.78 is 8.20. The highest BCUT2D eigenvalue weighted by Crippen LogP contribution is 2.30. The van der Waals surface area contributed by atoms with E-state index in [2.05, 4.69) is 43.8 Å². The van der Waals surface area contributed by atoms with E-state index >= 15 is 0 Å². The Morgan fingerprint density at radius 1 is 1.59 bits per heavy atom. The van der Waals surface area contributed by atoms with Crippen LogP contribution in [0.15, 0.2) is 18.5 Å². The summed E-state index contributed by atoms with van der Waals surface area (Å²) in [6.45, 7) is 7.40. The number of nitrogens with zero attached hydrogens (tertiary/aromatic N) is 1. The lowest BCUT2D eigenvalue weighted by Crippen LogP contribution is -2.22. The maximum absolute atomic E-state index is 6.01. The van der Waals surface area contributed by atoms with Crippen molar-refractivity contribution in [3.63, 3.8) is 0 Å². The molecule has 2 rings (SSSR count). The van der Waals surface area contributed by atoms with Crippen molar-refractivity contribution >= 4 is 0 Å². The third kappa shape index (κ3) is 3.11. The average Bonchev–Trinajstić information content (AvgIpc) is 2.85. The Morgan fingerprint density at radius 2 is 2.35 bits per heavy atom. The molecule has 3 nitrogen and oxygen atoms in total. The van der Waals surface area contributed by atoms with Crippen molar-refractivity contribution in [1.29, 1.82) is 0 Å². The monoisotopic (exact) mass is 236 g/mol. The van der Waals surface area contributed by atoms with Gasteiger partial charge in [-0.2, -0.15) is 0 Å². The normalized spacial score (nSPS) is 25.1. The van der Waals surface area contributed by atoms with Crippen LogP contribution in [0.1, 0.15) is 51.6 Å². The molecule has 1 aromatic rings. The molecular formula is C14H24N2O. The van der Waals surface area contributed by atoms with Gasteiger partial charge in [0.2, 0.25) is 0 Å². The lowest BCUT2D eigenvalue weighted by atomic mass is 10.1. The molecule has 0 amide bonds. The minimum absolute atomic E-state index is 0.0560. The highest BCUT2D eigenvalue weighted by Gasteiger charge is 2.31. The van der Waals surface area contributed by atoms with E-state index in [1.165, 1.54) is 5.56 Å². The molecule has 0 saturated carbocycles. The first-order valence-electron chi connectivity index (χ1n) is 6.59. The second-order valence-corrected chi connectivity index (χ2v) is 5.69. The summed E-state index contributed by atoms with van der Waals surface area (Å²) in [4.78, 5) is 0. The van der Waals surface area contributed by atoms with Crippen molar-refractivity contribution in [2.24, 2.45) is 5.73 Å². The first-order valence-corrected chi connectivity index (χ1v) is 6.59. The standard InChI is InChI=1S/C14H24N2O/c1-4-13(15)11-6-8-16(9-11)10-12-5-7-14(2,3)17-12/h6,8-9,12-13H,4-5,7,10,15H2,1-3H3. The van der Waals surface area contributed by atoms with Crippen LogP contribution in [0.25, 0.3) is 0 Å². The van der Waals surface area contributed by atoms with Gasteiger partial charge in [0.05, 0.1) is 11.7 Å². The number of hydrogen-bond donors (Lipinski definition) is 1. The molecule has 0 aromatic carbocycles. The van der Waals surface area contributed by atoms with Crippen LogP contribution in [0.5, 0.6) is 0 Å². The number of rotatable bonds is 4. The van der Waals surface area contributed by atoms with Gasteiger partial charge in [0.1, 0.15) is 0 Å². The molecule has 0 bridgehead atoms. The molecule has 0 radical (unpaired) electrons. The van der Waals surface area contributed by atoms with E-state index in [-0.39, 0.29) is 11.6 Å². The van der Waals surface area contributed by atoms with Crippen molar-refractivity contribution in [2.45, 2.75) is 64.3 Å². The molecule has 17 heavy (non-hydrogen) atoms. The maximum Gasteiger partial charge on any atom is 0.0762 e. The topological polar surface area (TPSA) is 40.2 Å². The molecule has 1 fully saturated rings. The number of nitrogens with two attached hydrogens (primary N) is 1. The first-order chi connectivity index (χ1) is 8.00. The molecule has 3 heteroatoms. The summed E-state index contributed by atoms with van der Waals surface area (Å²) in [7, 11) is 0. The zero-order valence-electron chi connectivity index (χ0n) is 11.1. The minimum Gasteiger partial charge on any atom is -0.370 e. The van der Waals surface area contributed by atoms with Crippen LogP contribution in [0.3, 0.4) is 0 Å². The Balaban J connectivity index is 1.94. The van der Waals surface area contributed by atoms with Gasteiger partial charge in [0.15, 0.2) is 0 Å². The summed E-state index contributed by atoms with van der Waals surface area (Å²) >= 11 is 0. The van der Waals surface area contributed by atoms with E-state index in [9.17, 15) is 0 Å². The zero-order chi connectivity index (χ0) is 12.5. The van der Waals surface area contributed by atoms with Crippen LogP contribution in [0.4, 0.5) is 0 Å². The zero-order valence-corrected chi connectivity index (χ0v) is 11.1. The first kappa shape index (κ1) is 12.7. The smallest absolute Gasteiger partial charge is 0.0762 e. The Kier molecular flexibility index (Phi) is 3.59. The quantitative estimate of drug-likeness (QED) is 0.873. The molecule has 0 aliphatic carbocycles. The van der Waals surface area contributed by atoms with E-state index in [0.29, 0.717) is 6.10 Å². The molecule has 1 aliphatic heterocycles. The summed E-state index contributed by atoms with van der Waals surface area (Å²) in [6, 6.07) is 2.28. The summed E-state index contributed by atoms with van der Waals surface area (Å²) in [5, 5.41) is 0. The van der Waals surface area contributed by atoms with Crippen LogP contribution >= 0.6 is 0 Å². The van der Waals surface area contributed by atoms with Crippen molar-refractivity contribution in [3.8, 4) is 0 Å². The van der Waals surface area contributed by atoms with Crippen LogP contribution < -0.4 is 5.73 Å². The minimum atomic E-state index is 0.0560. The van der Waals surface area contributed by atoms with E-state index in [1.807, 2.05) is 0 Å². The fraction of sp³-hybridized carbons (Fsp3) is 0.714. The molecule has 1 aromatic heterocycles. The Labute approximate surface area is 104 Å². The van der Waals surface area contributed by atoms with Crippen LogP contribution in [0, 0.1) is 0 Å². The average molecular weight is 236 g/mol. The Morgan fingerprint density at radius 3 is 2.94 bits per heavy atom. The van der Waals surface area contributed by atoms with Gasteiger partial charge in [-0.05, 0) is 44.7 Å². The Bertz CT molecular complexity index is 370. The lowest BCUT2D eigenvalue weighted by Gasteiger charge is -2.19. The van der Waals surface area contributed by atoms with Gasteiger partial charge >= 0.3 is 0 Å². The fourth-order valence-corrected chi connectivity index (χ4v) is 2.47. The van der Waals surface area contributed by atoms with Crippen molar-refractivity contribution in [2.75, 3.05) is 0 Å². The highest BCUT2D eigenvalue weighted by molar-refractivity contribution is 5.14. The number of ether oxygens (including phenoxy) is 1. The van der Waals surface area contributed by atoms with Crippen molar-refractivity contribution < 1.29 is 4.74 Å². The molecule has 1 aliphatic rings. The molecule has 2 unspecified atom stereocenters. The van der Waals surface area contributed by atoms with E-state index in [1.54, 1.807) is 0 Å². The lowest BCUT2D eigenvalue weighted by molar-refractivity contribution is -0.0216. The predicted molar refractivity (Wildman–Crippen MR) is 69.8 cm³/mol. The van der Waals surface area contributed by atoms with Crippen LogP contribution in [0.2, 0.25) is 0 Å². The highest BCUT2D eigenvalue weighted by atomic mass is 16.5. The van der Waals surface area contributed by atoms with Gasteiger partial charge in [-0.25, -0.2) is 0 Å². The molecule has 2 N–H and O–H groups in total. The summed E-state index contributed by atoms with van der Waals surface area (Å²) in [6.07, 6.45) is 7.91.